The maximum Gasteiger partial charge on any atom is 0.145 e. The Balaban J connectivity index is 1.35. The summed E-state index contributed by atoms with van der Waals surface area (Å²) in [4.78, 5) is 7.84. The molecular weight excluding hydrogens is 447 g/mol. The van der Waals surface area contributed by atoms with Crippen LogP contribution in [0.3, 0.4) is 0 Å². The van der Waals surface area contributed by atoms with E-state index in [1.165, 1.54) is 12.1 Å². The van der Waals surface area contributed by atoms with Crippen LogP contribution in [0.2, 0.25) is 0 Å². The molecule has 3 aromatic carbocycles. The zero-order valence-electron chi connectivity index (χ0n) is 19.8. The number of methoxy groups -OCH3 is 1. The average Bonchev–Trinajstić information content (AvgIpc) is 3.33. The van der Waals surface area contributed by atoms with Crippen LogP contribution >= 0.6 is 0 Å². The molecule has 1 aliphatic rings. The van der Waals surface area contributed by atoms with Gasteiger partial charge in [-0.2, -0.15) is 0 Å². The summed E-state index contributed by atoms with van der Waals surface area (Å²) in [5, 5.41) is 14.9. The van der Waals surface area contributed by atoms with Crippen LogP contribution in [0.4, 0.5) is 4.39 Å². The molecule has 1 aliphatic heterocycles. The number of benzene rings is 3. The van der Waals surface area contributed by atoms with Crippen LogP contribution in [-0.2, 0) is 22.7 Å². The fourth-order valence-electron chi connectivity index (χ4n) is 4.10. The van der Waals surface area contributed by atoms with Crippen molar-refractivity contribution < 1.29 is 23.8 Å². The molecule has 1 heterocycles. The van der Waals surface area contributed by atoms with Crippen molar-refractivity contribution in [1.82, 2.24) is 4.90 Å². The van der Waals surface area contributed by atoms with Crippen LogP contribution in [0, 0.1) is 5.82 Å². The Morgan fingerprint density at radius 1 is 1.06 bits per heavy atom. The van der Waals surface area contributed by atoms with Crippen LogP contribution < -0.4 is 4.74 Å². The van der Waals surface area contributed by atoms with Crippen molar-refractivity contribution in [2.24, 2.45) is 5.16 Å². The Kier molecular flexibility index (Phi) is 8.84. The summed E-state index contributed by atoms with van der Waals surface area (Å²) in [5.41, 5.74) is 3.78. The Labute approximate surface area is 205 Å². The van der Waals surface area contributed by atoms with Gasteiger partial charge in [0.2, 0.25) is 0 Å². The van der Waals surface area contributed by atoms with E-state index in [1.807, 2.05) is 54.6 Å². The second kappa shape index (κ2) is 12.4. The average molecular weight is 479 g/mol. The van der Waals surface area contributed by atoms with Gasteiger partial charge in [-0.25, -0.2) is 4.39 Å². The van der Waals surface area contributed by atoms with Crippen molar-refractivity contribution in [2.45, 2.75) is 31.8 Å². The molecule has 0 aliphatic carbocycles. The summed E-state index contributed by atoms with van der Waals surface area (Å²) in [5.74, 6) is 0.506. The highest BCUT2D eigenvalue weighted by Gasteiger charge is 2.26. The number of rotatable bonds is 12. The molecule has 2 atom stereocenters. The van der Waals surface area contributed by atoms with E-state index in [9.17, 15) is 9.50 Å². The Hall–Kier alpha value is -3.26. The fraction of sp³-hybridized carbons (Fsp3) is 0.321. The highest BCUT2D eigenvalue weighted by Crippen LogP contribution is 2.20. The molecule has 4 rings (SSSR count). The quantitative estimate of drug-likeness (QED) is 0.418. The summed E-state index contributed by atoms with van der Waals surface area (Å²) >= 11 is 0. The number of aliphatic hydroxyl groups is 1. The molecule has 35 heavy (non-hydrogen) atoms. The van der Waals surface area contributed by atoms with E-state index in [4.69, 9.17) is 14.3 Å². The molecular formula is C28H31FN2O4. The standard InChI is InChI=1S/C28H31FN2O4/c1-33-26-9-5-8-22(14-26)16-31(17-25(32)20-34-19-21-6-3-2-4-7-21)18-27-15-28(30-35-27)23-10-12-24(29)13-11-23/h2-14,25,27,32H,15-20H2,1H3/t25-,27+/m0/s1. The van der Waals surface area contributed by atoms with Gasteiger partial charge in [-0.1, -0.05) is 59.8 Å². The number of aliphatic hydroxyl groups excluding tert-OH is 1. The first-order valence-corrected chi connectivity index (χ1v) is 11.7. The maximum atomic E-state index is 13.3. The van der Waals surface area contributed by atoms with Crippen LogP contribution in [0.25, 0.3) is 0 Å². The third kappa shape index (κ3) is 7.62. The molecule has 6 nitrogen and oxygen atoms in total. The molecule has 0 spiro atoms. The second-order valence-corrected chi connectivity index (χ2v) is 8.68. The normalized spacial score (nSPS) is 16.1. The lowest BCUT2D eigenvalue weighted by molar-refractivity contribution is -0.00649. The van der Waals surface area contributed by atoms with Gasteiger partial charge < -0.3 is 19.4 Å². The second-order valence-electron chi connectivity index (χ2n) is 8.68. The van der Waals surface area contributed by atoms with Crippen molar-refractivity contribution in [3.05, 3.63) is 101 Å². The minimum Gasteiger partial charge on any atom is -0.497 e. The molecule has 1 N–H and O–H groups in total. The van der Waals surface area contributed by atoms with Gasteiger partial charge in [-0.15, -0.1) is 0 Å². The summed E-state index contributed by atoms with van der Waals surface area (Å²) in [7, 11) is 1.64. The molecule has 3 aromatic rings. The number of oxime groups is 1. The van der Waals surface area contributed by atoms with E-state index in [-0.39, 0.29) is 18.5 Å². The SMILES string of the molecule is COc1cccc(CN(C[C@H](O)COCc2ccccc2)C[C@H]2CC(c3ccc(F)cc3)=NO2)c1. The van der Waals surface area contributed by atoms with Gasteiger partial charge in [-0.05, 0) is 41.0 Å². The number of ether oxygens (including phenoxy) is 2. The van der Waals surface area contributed by atoms with Crippen LogP contribution in [0.5, 0.6) is 5.75 Å². The highest BCUT2D eigenvalue weighted by atomic mass is 19.1. The summed E-state index contributed by atoms with van der Waals surface area (Å²) < 4.78 is 24.4. The van der Waals surface area contributed by atoms with Crippen molar-refractivity contribution in [2.75, 3.05) is 26.8 Å². The predicted octanol–water partition coefficient (Wildman–Crippen LogP) is 4.41. The minimum absolute atomic E-state index is 0.168. The summed E-state index contributed by atoms with van der Waals surface area (Å²) in [6, 6.07) is 24.0. The van der Waals surface area contributed by atoms with E-state index in [0.717, 1.165) is 28.2 Å². The molecule has 0 unspecified atom stereocenters. The minimum atomic E-state index is -0.664. The molecule has 0 saturated heterocycles. The number of hydrogen-bond acceptors (Lipinski definition) is 6. The maximum absolute atomic E-state index is 13.3. The van der Waals surface area contributed by atoms with Crippen molar-refractivity contribution in [1.29, 1.82) is 0 Å². The molecule has 0 amide bonds. The smallest absolute Gasteiger partial charge is 0.145 e. The molecule has 0 aromatic heterocycles. The third-order valence-corrected chi connectivity index (χ3v) is 5.80. The van der Waals surface area contributed by atoms with E-state index in [1.54, 1.807) is 19.2 Å². The number of nitrogens with zero attached hydrogens (tertiary/aromatic N) is 2. The Morgan fingerprint density at radius 2 is 1.83 bits per heavy atom. The summed E-state index contributed by atoms with van der Waals surface area (Å²) in [6.07, 6.45) is -0.220. The Morgan fingerprint density at radius 3 is 2.60 bits per heavy atom. The van der Waals surface area contributed by atoms with Crippen molar-refractivity contribution >= 4 is 5.71 Å². The first kappa shape index (κ1) is 24.9. The lowest BCUT2D eigenvalue weighted by Crippen LogP contribution is -2.39. The van der Waals surface area contributed by atoms with Gasteiger partial charge in [0.15, 0.2) is 0 Å². The highest BCUT2D eigenvalue weighted by molar-refractivity contribution is 6.01. The van der Waals surface area contributed by atoms with Crippen LogP contribution in [0.15, 0.2) is 84.0 Å². The van der Waals surface area contributed by atoms with Gasteiger partial charge in [0.05, 0.1) is 32.1 Å². The monoisotopic (exact) mass is 478 g/mol. The topological polar surface area (TPSA) is 63.5 Å². The lowest BCUT2D eigenvalue weighted by atomic mass is 10.0. The summed E-state index contributed by atoms with van der Waals surface area (Å²) in [6.45, 7) is 2.28. The van der Waals surface area contributed by atoms with E-state index in [0.29, 0.717) is 32.7 Å². The largest absolute Gasteiger partial charge is 0.497 e. The van der Waals surface area contributed by atoms with Gasteiger partial charge >= 0.3 is 0 Å². The molecule has 0 saturated carbocycles. The molecule has 0 bridgehead atoms. The van der Waals surface area contributed by atoms with Gasteiger partial charge in [-0.3, -0.25) is 4.90 Å². The molecule has 0 fully saturated rings. The lowest BCUT2D eigenvalue weighted by Gasteiger charge is -2.27. The van der Waals surface area contributed by atoms with Gasteiger partial charge in [0.25, 0.3) is 0 Å². The third-order valence-electron chi connectivity index (χ3n) is 5.80. The molecule has 7 heteroatoms. The fourth-order valence-corrected chi connectivity index (χ4v) is 4.10. The van der Waals surface area contributed by atoms with Gasteiger partial charge in [0, 0.05) is 26.1 Å². The van der Waals surface area contributed by atoms with Gasteiger partial charge in [0.1, 0.15) is 17.7 Å². The zero-order chi connectivity index (χ0) is 24.5. The van der Waals surface area contributed by atoms with Crippen molar-refractivity contribution in [3.8, 4) is 5.75 Å². The number of hydrogen-bond donors (Lipinski definition) is 1. The zero-order valence-corrected chi connectivity index (χ0v) is 19.8. The van der Waals surface area contributed by atoms with Crippen LogP contribution in [-0.4, -0.2) is 54.7 Å². The molecule has 0 radical (unpaired) electrons. The van der Waals surface area contributed by atoms with E-state index < -0.39 is 6.10 Å². The van der Waals surface area contributed by atoms with E-state index in [2.05, 4.69) is 10.1 Å². The molecule has 184 valence electrons. The van der Waals surface area contributed by atoms with Crippen molar-refractivity contribution in [3.63, 3.8) is 0 Å². The Bertz CT molecular complexity index is 1090. The number of halogens is 1. The first-order chi connectivity index (χ1) is 17.1. The first-order valence-electron chi connectivity index (χ1n) is 11.7. The van der Waals surface area contributed by atoms with E-state index >= 15 is 0 Å². The van der Waals surface area contributed by atoms with Crippen LogP contribution in [0.1, 0.15) is 23.1 Å². The predicted molar refractivity (Wildman–Crippen MR) is 133 cm³/mol.